The van der Waals surface area contributed by atoms with E-state index in [4.69, 9.17) is 10.5 Å². The summed E-state index contributed by atoms with van der Waals surface area (Å²) in [5.74, 6) is 3.09. The molecule has 3 atom stereocenters. The molecule has 2 N–H and O–H groups in total. The smallest absolute Gasteiger partial charge is 0.123 e. The molecule has 1 fully saturated rings. The maximum absolute atomic E-state index is 6.06. The Bertz CT molecular complexity index is 429. The number of nitrogens with two attached hydrogens (primary N) is 1. The Kier molecular flexibility index (Phi) is 6.10. The summed E-state index contributed by atoms with van der Waals surface area (Å²) in [6.07, 6.45) is 6.74. The van der Waals surface area contributed by atoms with Gasteiger partial charge in [0.15, 0.2) is 0 Å². The Morgan fingerprint density at radius 1 is 1.24 bits per heavy atom. The summed E-state index contributed by atoms with van der Waals surface area (Å²) in [5.41, 5.74) is 7.44. The Labute approximate surface area is 130 Å². The molecule has 118 valence electrons. The van der Waals surface area contributed by atoms with E-state index in [2.05, 4.69) is 45.0 Å². The molecule has 2 nitrogen and oxygen atoms in total. The van der Waals surface area contributed by atoms with Crippen LogP contribution in [0.4, 0.5) is 0 Å². The highest BCUT2D eigenvalue weighted by Gasteiger charge is 2.32. The van der Waals surface area contributed by atoms with Crippen molar-refractivity contribution in [2.75, 3.05) is 6.54 Å². The lowest BCUT2D eigenvalue weighted by atomic mass is 9.70. The number of rotatable bonds is 6. The standard InChI is InChI=1S/C19H31NO/c1-4-7-15-10-11-16(13-20)18(12-15)17-8-5-6-9-19(17)21-14(2)3/h5-6,8-9,14-16,18H,4,7,10-13,20H2,1-3H3. The summed E-state index contributed by atoms with van der Waals surface area (Å²) in [7, 11) is 0. The van der Waals surface area contributed by atoms with Crippen molar-refractivity contribution in [1.82, 2.24) is 0 Å². The molecule has 0 aliphatic heterocycles. The second-order valence-corrected chi connectivity index (χ2v) is 6.77. The quantitative estimate of drug-likeness (QED) is 0.821. The molecule has 0 heterocycles. The van der Waals surface area contributed by atoms with Gasteiger partial charge in [-0.2, -0.15) is 0 Å². The molecule has 0 saturated heterocycles. The lowest BCUT2D eigenvalue weighted by Crippen LogP contribution is -2.29. The van der Waals surface area contributed by atoms with E-state index in [9.17, 15) is 0 Å². The van der Waals surface area contributed by atoms with Gasteiger partial charge in [0.2, 0.25) is 0 Å². The van der Waals surface area contributed by atoms with Crippen LogP contribution in [0, 0.1) is 11.8 Å². The number of benzene rings is 1. The Morgan fingerprint density at radius 2 is 2.00 bits per heavy atom. The normalized spacial score (nSPS) is 26.0. The van der Waals surface area contributed by atoms with Crippen LogP contribution in [0.25, 0.3) is 0 Å². The van der Waals surface area contributed by atoms with Gasteiger partial charge in [0.1, 0.15) is 5.75 Å². The summed E-state index contributed by atoms with van der Waals surface area (Å²) < 4.78 is 6.05. The Hall–Kier alpha value is -1.02. The zero-order valence-electron chi connectivity index (χ0n) is 13.8. The van der Waals surface area contributed by atoms with Crippen LogP contribution in [0.5, 0.6) is 5.75 Å². The monoisotopic (exact) mass is 289 g/mol. The van der Waals surface area contributed by atoms with Crippen molar-refractivity contribution in [1.29, 1.82) is 0 Å². The van der Waals surface area contributed by atoms with E-state index in [0.717, 1.165) is 18.2 Å². The van der Waals surface area contributed by atoms with E-state index in [-0.39, 0.29) is 6.10 Å². The van der Waals surface area contributed by atoms with Crippen LogP contribution in [0.1, 0.15) is 64.4 Å². The number of para-hydroxylation sites is 1. The van der Waals surface area contributed by atoms with E-state index in [0.29, 0.717) is 11.8 Å². The topological polar surface area (TPSA) is 35.2 Å². The molecule has 0 bridgehead atoms. The van der Waals surface area contributed by atoms with E-state index in [1.165, 1.54) is 37.7 Å². The molecule has 0 aromatic heterocycles. The molecule has 2 rings (SSSR count). The average Bonchev–Trinajstić information content (AvgIpc) is 2.47. The van der Waals surface area contributed by atoms with Gasteiger partial charge < -0.3 is 10.5 Å². The van der Waals surface area contributed by atoms with Gasteiger partial charge in [-0.25, -0.2) is 0 Å². The zero-order valence-corrected chi connectivity index (χ0v) is 13.8. The molecule has 0 amide bonds. The minimum Gasteiger partial charge on any atom is -0.491 e. The van der Waals surface area contributed by atoms with Gasteiger partial charge in [-0.05, 0) is 62.6 Å². The summed E-state index contributed by atoms with van der Waals surface area (Å²) >= 11 is 0. The summed E-state index contributed by atoms with van der Waals surface area (Å²) in [6, 6.07) is 8.58. The highest BCUT2D eigenvalue weighted by atomic mass is 16.5. The van der Waals surface area contributed by atoms with Crippen molar-refractivity contribution in [3.8, 4) is 5.75 Å². The summed E-state index contributed by atoms with van der Waals surface area (Å²) in [6.45, 7) is 7.27. The van der Waals surface area contributed by atoms with E-state index in [1.54, 1.807) is 0 Å². The number of hydrogen-bond donors (Lipinski definition) is 1. The number of hydrogen-bond acceptors (Lipinski definition) is 2. The molecule has 2 heteroatoms. The van der Waals surface area contributed by atoms with Gasteiger partial charge >= 0.3 is 0 Å². The lowest BCUT2D eigenvalue weighted by Gasteiger charge is -2.37. The molecule has 21 heavy (non-hydrogen) atoms. The molecule has 3 unspecified atom stereocenters. The third-order valence-electron chi connectivity index (χ3n) is 4.78. The van der Waals surface area contributed by atoms with Crippen molar-refractivity contribution in [3.05, 3.63) is 29.8 Å². The summed E-state index contributed by atoms with van der Waals surface area (Å²) in [4.78, 5) is 0. The van der Waals surface area contributed by atoms with Crippen molar-refractivity contribution < 1.29 is 4.74 Å². The molecule has 1 aromatic rings. The van der Waals surface area contributed by atoms with Gasteiger partial charge in [0.05, 0.1) is 6.10 Å². The molecule has 0 spiro atoms. The second-order valence-electron chi connectivity index (χ2n) is 6.77. The molecule has 1 aromatic carbocycles. The highest BCUT2D eigenvalue weighted by Crippen LogP contribution is 2.44. The molecule has 1 saturated carbocycles. The van der Waals surface area contributed by atoms with Gasteiger partial charge in [-0.1, -0.05) is 44.4 Å². The Balaban J connectivity index is 2.23. The van der Waals surface area contributed by atoms with Crippen LogP contribution in [0.15, 0.2) is 24.3 Å². The third-order valence-corrected chi connectivity index (χ3v) is 4.78. The molecule has 1 aliphatic rings. The predicted molar refractivity (Wildman–Crippen MR) is 89.7 cm³/mol. The first-order valence-electron chi connectivity index (χ1n) is 8.61. The van der Waals surface area contributed by atoms with Gasteiger partial charge in [-0.15, -0.1) is 0 Å². The first kappa shape index (κ1) is 16.4. The maximum Gasteiger partial charge on any atom is 0.123 e. The van der Waals surface area contributed by atoms with Crippen LogP contribution in [-0.4, -0.2) is 12.6 Å². The fraction of sp³-hybridized carbons (Fsp3) is 0.684. The van der Waals surface area contributed by atoms with Crippen LogP contribution >= 0.6 is 0 Å². The Morgan fingerprint density at radius 3 is 2.67 bits per heavy atom. The lowest BCUT2D eigenvalue weighted by molar-refractivity contribution is 0.210. The van der Waals surface area contributed by atoms with Crippen molar-refractivity contribution in [3.63, 3.8) is 0 Å². The molecule has 1 aliphatic carbocycles. The van der Waals surface area contributed by atoms with Gasteiger partial charge in [-0.3, -0.25) is 0 Å². The van der Waals surface area contributed by atoms with Gasteiger partial charge in [0.25, 0.3) is 0 Å². The first-order chi connectivity index (χ1) is 10.2. The molecule has 0 radical (unpaired) electrons. The summed E-state index contributed by atoms with van der Waals surface area (Å²) in [5, 5.41) is 0. The SMILES string of the molecule is CCCC1CCC(CN)C(c2ccccc2OC(C)C)C1. The zero-order chi connectivity index (χ0) is 15.2. The van der Waals surface area contributed by atoms with Gasteiger partial charge in [0, 0.05) is 0 Å². The molecular formula is C19H31NO. The number of ether oxygens (including phenoxy) is 1. The minimum absolute atomic E-state index is 0.220. The van der Waals surface area contributed by atoms with E-state index in [1.807, 2.05) is 0 Å². The highest BCUT2D eigenvalue weighted by molar-refractivity contribution is 5.37. The van der Waals surface area contributed by atoms with Crippen molar-refractivity contribution >= 4 is 0 Å². The average molecular weight is 289 g/mol. The van der Waals surface area contributed by atoms with Crippen LogP contribution in [0.2, 0.25) is 0 Å². The first-order valence-corrected chi connectivity index (χ1v) is 8.61. The van der Waals surface area contributed by atoms with Crippen LogP contribution < -0.4 is 10.5 Å². The minimum atomic E-state index is 0.220. The molecular weight excluding hydrogens is 258 g/mol. The van der Waals surface area contributed by atoms with E-state index < -0.39 is 0 Å². The largest absolute Gasteiger partial charge is 0.491 e. The van der Waals surface area contributed by atoms with Crippen molar-refractivity contribution in [2.24, 2.45) is 17.6 Å². The second kappa shape index (κ2) is 7.84. The van der Waals surface area contributed by atoms with Crippen molar-refractivity contribution in [2.45, 2.75) is 64.9 Å². The predicted octanol–water partition coefficient (Wildman–Crippen LogP) is 4.73. The van der Waals surface area contributed by atoms with Crippen LogP contribution in [0.3, 0.4) is 0 Å². The van der Waals surface area contributed by atoms with E-state index >= 15 is 0 Å². The maximum atomic E-state index is 6.06. The third kappa shape index (κ3) is 4.23. The fourth-order valence-electron chi connectivity index (χ4n) is 3.80. The van der Waals surface area contributed by atoms with Crippen LogP contribution in [-0.2, 0) is 0 Å². The fourth-order valence-corrected chi connectivity index (χ4v) is 3.80.